The minimum absolute atomic E-state index is 0.0753. The summed E-state index contributed by atoms with van der Waals surface area (Å²) in [6.07, 6.45) is 5.00. The second-order valence-corrected chi connectivity index (χ2v) is 7.75. The molecule has 136 valence electrons. The van der Waals surface area contributed by atoms with E-state index in [0.29, 0.717) is 0 Å². The van der Waals surface area contributed by atoms with E-state index in [0.717, 1.165) is 46.9 Å². The maximum atomic E-state index is 13.2. The molecular formula is C23H22N2OS. The highest BCUT2D eigenvalue weighted by molar-refractivity contribution is 7.99. The van der Waals surface area contributed by atoms with E-state index in [2.05, 4.69) is 23.2 Å². The molecule has 4 rings (SSSR count). The SMILES string of the molecule is O=C(c1ccccc1)N1CCCC[C@@H]1c1cccnc1Sc1ccccc1. The number of hydrogen-bond acceptors (Lipinski definition) is 3. The molecule has 0 saturated carbocycles. The summed E-state index contributed by atoms with van der Waals surface area (Å²) in [5.74, 6) is 0.111. The maximum Gasteiger partial charge on any atom is 0.254 e. The van der Waals surface area contributed by atoms with E-state index in [1.54, 1.807) is 11.8 Å². The molecule has 1 aromatic heterocycles. The Morgan fingerprint density at radius 2 is 1.67 bits per heavy atom. The van der Waals surface area contributed by atoms with E-state index in [-0.39, 0.29) is 11.9 Å². The highest BCUT2D eigenvalue weighted by atomic mass is 32.2. The largest absolute Gasteiger partial charge is 0.332 e. The van der Waals surface area contributed by atoms with Crippen LogP contribution in [-0.4, -0.2) is 22.3 Å². The molecule has 0 bridgehead atoms. The zero-order valence-electron chi connectivity index (χ0n) is 15.1. The number of hydrogen-bond donors (Lipinski definition) is 0. The van der Waals surface area contributed by atoms with Gasteiger partial charge in [-0.15, -0.1) is 0 Å². The number of aromatic nitrogens is 1. The number of piperidine rings is 1. The predicted octanol–water partition coefficient (Wildman–Crippen LogP) is 5.60. The van der Waals surface area contributed by atoms with Gasteiger partial charge in [0.2, 0.25) is 0 Å². The number of likely N-dealkylation sites (tertiary alicyclic amines) is 1. The summed E-state index contributed by atoms with van der Waals surface area (Å²) in [7, 11) is 0. The van der Waals surface area contributed by atoms with Crippen LogP contribution in [0.2, 0.25) is 0 Å². The Balaban J connectivity index is 1.65. The van der Waals surface area contributed by atoms with Crippen molar-refractivity contribution in [1.29, 1.82) is 0 Å². The van der Waals surface area contributed by atoms with Gasteiger partial charge in [0.15, 0.2) is 0 Å². The molecule has 2 heterocycles. The van der Waals surface area contributed by atoms with Crippen LogP contribution >= 0.6 is 11.8 Å². The van der Waals surface area contributed by atoms with E-state index < -0.39 is 0 Å². The Morgan fingerprint density at radius 1 is 0.926 bits per heavy atom. The van der Waals surface area contributed by atoms with Gasteiger partial charge in [0.25, 0.3) is 5.91 Å². The minimum Gasteiger partial charge on any atom is -0.332 e. The van der Waals surface area contributed by atoms with Gasteiger partial charge in [0.05, 0.1) is 6.04 Å². The van der Waals surface area contributed by atoms with Gasteiger partial charge in [-0.25, -0.2) is 4.98 Å². The molecule has 1 atom stereocenters. The lowest BCUT2D eigenvalue weighted by Crippen LogP contribution is -2.38. The smallest absolute Gasteiger partial charge is 0.254 e. The van der Waals surface area contributed by atoms with Crippen LogP contribution in [0.4, 0.5) is 0 Å². The molecule has 0 spiro atoms. The average Bonchev–Trinajstić information content (AvgIpc) is 2.75. The molecule has 0 N–H and O–H groups in total. The number of pyridine rings is 1. The van der Waals surface area contributed by atoms with Crippen LogP contribution in [0.3, 0.4) is 0 Å². The van der Waals surface area contributed by atoms with Gasteiger partial charge < -0.3 is 4.90 Å². The third kappa shape index (κ3) is 4.06. The van der Waals surface area contributed by atoms with Gasteiger partial charge in [-0.1, -0.05) is 54.2 Å². The zero-order valence-corrected chi connectivity index (χ0v) is 15.9. The van der Waals surface area contributed by atoms with E-state index in [9.17, 15) is 4.79 Å². The summed E-state index contributed by atoms with van der Waals surface area (Å²) >= 11 is 1.67. The van der Waals surface area contributed by atoms with Crippen molar-refractivity contribution in [2.75, 3.05) is 6.54 Å². The van der Waals surface area contributed by atoms with Crippen molar-refractivity contribution < 1.29 is 4.79 Å². The average molecular weight is 375 g/mol. The molecule has 0 unspecified atom stereocenters. The number of carbonyl (C=O) groups is 1. The first-order valence-corrected chi connectivity index (χ1v) is 10.2. The van der Waals surface area contributed by atoms with Crippen molar-refractivity contribution >= 4 is 17.7 Å². The van der Waals surface area contributed by atoms with E-state index >= 15 is 0 Å². The quantitative estimate of drug-likeness (QED) is 0.596. The first kappa shape index (κ1) is 17.8. The lowest BCUT2D eigenvalue weighted by Gasteiger charge is -2.36. The highest BCUT2D eigenvalue weighted by Gasteiger charge is 2.30. The van der Waals surface area contributed by atoms with Crippen molar-refractivity contribution in [3.8, 4) is 0 Å². The molecule has 1 amide bonds. The highest BCUT2D eigenvalue weighted by Crippen LogP contribution is 2.38. The molecule has 1 aliphatic rings. The van der Waals surface area contributed by atoms with Crippen LogP contribution in [0.5, 0.6) is 0 Å². The van der Waals surface area contributed by atoms with Crippen LogP contribution in [0.1, 0.15) is 41.2 Å². The molecule has 0 aliphatic carbocycles. The lowest BCUT2D eigenvalue weighted by atomic mass is 9.95. The van der Waals surface area contributed by atoms with Gasteiger partial charge in [-0.3, -0.25) is 4.79 Å². The van der Waals surface area contributed by atoms with E-state index in [1.807, 2.05) is 65.7 Å². The number of benzene rings is 2. The first-order chi connectivity index (χ1) is 13.3. The molecule has 3 aromatic rings. The van der Waals surface area contributed by atoms with Crippen LogP contribution in [0.15, 0.2) is 88.9 Å². The summed E-state index contributed by atoms with van der Waals surface area (Å²) in [6, 6.07) is 24.1. The zero-order chi connectivity index (χ0) is 18.5. The predicted molar refractivity (Wildman–Crippen MR) is 109 cm³/mol. The number of rotatable bonds is 4. The third-order valence-corrected chi connectivity index (χ3v) is 5.94. The maximum absolute atomic E-state index is 13.2. The first-order valence-electron chi connectivity index (χ1n) is 9.37. The van der Waals surface area contributed by atoms with Crippen LogP contribution in [-0.2, 0) is 0 Å². The Morgan fingerprint density at radius 3 is 2.44 bits per heavy atom. The van der Waals surface area contributed by atoms with Gasteiger partial charge in [0, 0.05) is 28.8 Å². The number of amides is 1. The standard InChI is InChI=1S/C23H22N2OS/c26-23(18-10-3-1-4-11-18)25-17-8-7-15-21(25)20-14-9-16-24-22(20)27-19-12-5-2-6-13-19/h1-6,9-14,16,21H,7-8,15,17H2/t21-/m1/s1. The molecular weight excluding hydrogens is 352 g/mol. The topological polar surface area (TPSA) is 33.2 Å². The number of carbonyl (C=O) groups excluding carboxylic acids is 1. The van der Waals surface area contributed by atoms with E-state index in [4.69, 9.17) is 0 Å². The monoisotopic (exact) mass is 374 g/mol. The molecule has 4 heteroatoms. The summed E-state index contributed by atoms with van der Waals surface area (Å²) in [6.45, 7) is 0.794. The third-order valence-electron chi connectivity index (χ3n) is 4.90. The fourth-order valence-electron chi connectivity index (χ4n) is 3.59. The Bertz CT molecular complexity index is 899. The van der Waals surface area contributed by atoms with Crippen molar-refractivity contribution in [2.24, 2.45) is 0 Å². The van der Waals surface area contributed by atoms with Crippen LogP contribution in [0.25, 0.3) is 0 Å². The molecule has 1 fully saturated rings. The Kier molecular flexibility index (Phi) is 5.54. The van der Waals surface area contributed by atoms with Gasteiger partial charge in [-0.2, -0.15) is 0 Å². The summed E-state index contributed by atoms with van der Waals surface area (Å²) in [5, 5.41) is 0.987. The second-order valence-electron chi connectivity index (χ2n) is 6.69. The Hall–Kier alpha value is -2.59. The van der Waals surface area contributed by atoms with E-state index in [1.165, 1.54) is 0 Å². The minimum atomic E-state index is 0.0753. The molecule has 1 saturated heterocycles. The summed E-state index contributed by atoms with van der Waals surface area (Å²) in [5.41, 5.74) is 1.90. The summed E-state index contributed by atoms with van der Waals surface area (Å²) in [4.78, 5) is 21.0. The Labute approximate surface area is 164 Å². The summed E-state index contributed by atoms with van der Waals surface area (Å²) < 4.78 is 0. The van der Waals surface area contributed by atoms with Gasteiger partial charge in [-0.05, 0) is 49.6 Å². The molecule has 1 aliphatic heterocycles. The normalized spacial score (nSPS) is 16.9. The van der Waals surface area contributed by atoms with Crippen LogP contribution < -0.4 is 0 Å². The van der Waals surface area contributed by atoms with Gasteiger partial charge in [0.1, 0.15) is 5.03 Å². The van der Waals surface area contributed by atoms with Crippen molar-refractivity contribution in [2.45, 2.75) is 35.2 Å². The molecule has 27 heavy (non-hydrogen) atoms. The lowest BCUT2D eigenvalue weighted by molar-refractivity contribution is 0.0607. The fraction of sp³-hybridized carbons (Fsp3) is 0.217. The molecule has 2 aromatic carbocycles. The van der Waals surface area contributed by atoms with Gasteiger partial charge >= 0.3 is 0 Å². The second kappa shape index (κ2) is 8.40. The van der Waals surface area contributed by atoms with Crippen molar-refractivity contribution in [3.63, 3.8) is 0 Å². The molecule has 3 nitrogen and oxygen atoms in total. The molecule has 0 radical (unpaired) electrons. The fourth-order valence-corrected chi connectivity index (χ4v) is 4.54. The van der Waals surface area contributed by atoms with Crippen molar-refractivity contribution in [1.82, 2.24) is 9.88 Å². The van der Waals surface area contributed by atoms with Crippen molar-refractivity contribution in [3.05, 3.63) is 90.1 Å². The number of nitrogens with zero attached hydrogens (tertiary/aromatic N) is 2. The van der Waals surface area contributed by atoms with Crippen LogP contribution in [0, 0.1) is 0 Å².